The summed E-state index contributed by atoms with van der Waals surface area (Å²) >= 11 is 0. The van der Waals surface area contributed by atoms with Crippen molar-refractivity contribution in [1.29, 1.82) is 0 Å². The average Bonchev–Trinajstić information content (AvgIpc) is 3.69. The van der Waals surface area contributed by atoms with E-state index >= 15 is 0 Å². The van der Waals surface area contributed by atoms with Crippen LogP contribution in [0.15, 0.2) is 0 Å². The van der Waals surface area contributed by atoms with Crippen LogP contribution < -0.4 is 0 Å². The first-order valence-corrected chi connectivity index (χ1v) is 14.0. The van der Waals surface area contributed by atoms with E-state index < -0.39 is 0 Å². The zero-order valence-corrected chi connectivity index (χ0v) is 21.9. The molecule has 0 N–H and O–H groups in total. The highest BCUT2D eigenvalue weighted by molar-refractivity contribution is 5.74. The number of fused-ring (bicyclic) bond motifs is 6. The first-order chi connectivity index (χ1) is 16.8. The van der Waals surface area contributed by atoms with Crippen LogP contribution in [0.5, 0.6) is 0 Å². The van der Waals surface area contributed by atoms with E-state index in [0.717, 1.165) is 38.5 Å². The first-order valence-electron chi connectivity index (χ1n) is 14.0. The van der Waals surface area contributed by atoms with E-state index in [9.17, 15) is 14.4 Å². The van der Waals surface area contributed by atoms with Crippen LogP contribution in [0.2, 0.25) is 0 Å². The van der Waals surface area contributed by atoms with Crippen molar-refractivity contribution < 1.29 is 28.6 Å². The molecule has 6 aliphatic carbocycles. The summed E-state index contributed by atoms with van der Waals surface area (Å²) in [4.78, 5) is 38.0. The van der Waals surface area contributed by atoms with Crippen molar-refractivity contribution in [2.24, 2.45) is 88.8 Å². The lowest BCUT2D eigenvalue weighted by molar-refractivity contribution is -0.152. The van der Waals surface area contributed by atoms with Crippen molar-refractivity contribution in [3.8, 4) is 0 Å². The van der Waals surface area contributed by atoms with Gasteiger partial charge in [-0.1, -0.05) is 58.4 Å². The number of methoxy groups -OCH3 is 3. The van der Waals surface area contributed by atoms with Gasteiger partial charge in [-0.3, -0.25) is 14.4 Å². The molecule has 6 aliphatic rings. The second kappa shape index (κ2) is 14.3. The monoisotopic (exact) mass is 582 g/mol. The molecule has 6 bridgehead atoms. The molecule has 15 atom stereocenters. The third-order valence-corrected chi connectivity index (χ3v) is 12.5. The minimum Gasteiger partial charge on any atom is -0.469 e. The molecule has 0 heterocycles. The Morgan fingerprint density at radius 3 is 1.24 bits per heavy atom. The van der Waals surface area contributed by atoms with Gasteiger partial charge in [0.15, 0.2) is 0 Å². The van der Waals surface area contributed by atoms with Crippen molar-refractivity contribution >= 4 is 17.9 Å². The van der Waals surface area contributed by atoms with Crippen LogP contribution in [0.25, 0.3) is 0 Å². The number of rotatable bonds is 5. The molecule has 0 spiro atoms. The highest BCUT2D eigenvalue weighted by Gasteiger charge is 2.67. The van der Waals surface area contributed by atoms with Gasteiger partial charge in [0, 0.05) is 0 Å². The molecule has 242 valence electrons. The summed E-state index contributed by atoms with van der Waals surface area (Å²) in [5.41, 5.74) is 0. The lowest BCUT2D eigenvalue weighted by Crippen LogP contribution is -2.48. The zero-order valence-electron chi connectivity index (χ0n) is 21.9. The van der Waals surface area contributed by atoms with Gasteiger partial charge in [-0.2, -0.15) is 0 Å². The SMILES string of the molecule is C.C.C.C.C.C.COC(=O)C1CC2CC1C(C)C2C1C2CC(CC2C(=O)OC)C1C1C(C)C2CC(C(=O)OC)C1C2. The molecule has 6 fully saturated rings. The Hall–Kier alpha value is -1.59. The Morgan fingerprint density at radius 1 is 0.439 bits per heavy atom. The minimum atomic E-state index is -0.0395. The van der Waals surface area contributed by atoms with E-state index in [0.29, 0.717) is 71.0 Å². The second-order valence-electron chi connectivity index (χ2n) is 13.1. The fraction of sp³-hybridized carbons (Fsp3) is 0.914. The fourth-order valence-electron chi connectivity index (χ4n) is 11.5. The van der Waals surface area contributed by atoms with Crippen LogP contribution in [-0.4, -0.2) is 39.2 Å². The van der Waals surface area contributed by atoms with Crippen molar-refractivity contribution in [2.45, 2.75) is 96.9 Å². The number of ether oxygens (including phenoxy) is 3. The maximum absolute atomic E-state index is 12.8. The molecule has 0 saturated heterocycles. The molecule has 6 nitrogen and oxygen atoms in total. The Morgan fingerprint density at radius 2 is 0.805 bits per heavy atom. The molecule has 0 aromatic heterocycles. The molecule has 6 heteroatoms. The van der Waals surface area contributed by atoms with E-state index in [1.165, 1.54) is 21.3 Å². The molecule has 6 saturated carbocycles. The molecular weight excluding hydrogens is 516 g/mol. The topological polar surface area (TPSA) is 78.9 Å². The van der Waals surface area contributed by atoms with Gasteiger partial charge in [0.1, 0.15) is 0 Å². The van der Waals surface area contributed by atoms with Crippen molar-refractivity contribution in [3.63, 3.8) is 0 Å². The minimum absolute atomic E-state index is 0. The second-order valence-corrected chi connectivity index (χ2v) is 13.1. The Bertz CT molecular complexity index is 899. The van der Waals surface area contributed by atoms with E-state index in [2.05, 4.69) is 13.8 Å². The van der Waals surface area contributed by atoms with Crippen LogP contribution in [0.1, 0.15) is 96.9 Å². The van der Waals surface area contributed by atoms with Crippen LogP contribution in [0, 0.1) is 88.8 Å². The Balaban J connectivity index is 0.00000267. The lowest BCUT2D eigenvalue weighted by Gasteiger charge is -2.49. The summed E-state index contributed by atoms with van der Waals surface area (Å²) in [5.74, 6) is 6.15. The van der Waals surface area contributed by atoms with Crippen LogP contribution >= 0.6 is 0 Å². The number of hydrogen-bond acceptors (Lipinski definition) is 6. The van der Waals surface area contributed by atoms with Gasteiger partial charge in [0.25, 0.3) is 0 Å². The third-order valence-electron chi connectivity index (χ3n) is 12.5. The summed E-state index contributed by atoms with van der Waals surface area (Å²) in [6.07, 6.45) is 6.26. The summed E-state index contributed by atoms with van der Waals surface area (Å²) in [6, 6.07) is 0. The predicted molar refractivity (Wildman–Crippen MR) is 168 cm³/mol. The molecule has 0 aromatic carbocycles. The first kappa shape index (κ1) is 39.4. The number of esters is 3. The van der Waals surface area contributed by atoms with Crippen molar-refractivity contribution in [3.05, 3.63) is 0 Å². The number of carbonyl (C=O) groups is 3. The van der Waals surface area contributed by atoms with E-state index in [4.69, 9.17) is 14.2 Å². The zero-order chi connectivity index (χ0) is 24.8. The van der Waals surface area contributed by atoms with E-state index in [1.807, 2.05) is 0 Å². The number of carbonyl (C=O) groups excluding carboxylic acids is 3. The lowest BCUT2D eigenvalue weighted by atomic mass is 9.55. The number of hydrogen-bond donors (Lipinski definition) is 0. The van der Waals surface area contributed by atoms with Crippen molar-refractivity contribution in [2.75, 3.05) is 21.3 Å². The molecule has 41 heavy (non-hydrogen) atoms. The molecule has 0 aromatic rings. The smallest absolute Gasteiger partial charge is 0.308 e. The van der Waals surface area contributed by atoms with Gasteiger partial charge in [-0.15, -0.1) is 0 Å². The molecular formula is C35H66O6. The van der Waals surface area contributed by atoms with Crippen molar-refractivity contribution in [1.82, 2.24) is 0 Å². The molecule has 0 aliphatic heterocycles. The van der Waals surface area contributed by atoms with Crippen LogP contribution in [0.4, 0.5) is 0 Å². The maximum Gasteiger partial charge on any atom is 0.308 e. The highest BCUT2D eigenvalue weighted by Crippen LogP contribution is 2.71. The van der Waals surface area contributed by atoms with Gasteiger partial charge >= 0.3 is 17.9 Å². The fourth-order valence-corrected chi connectivity index (χ4v) is 11.5. The van der Waals surface area contributed by atoms with Gasteiger partial charge in [0.2, 0.25) is 0 Å². The van der Waals surface area contributed by atoms with Gasteiger partial charge in [-0.25, -0.2) is 0 Å². The predicted octanol–water partition coefficient (Wildman–Crippen LogP) is 8.03. The quantitative estimate of drug-likeness (QED) is 0.241. The average molecular weight is 583 g/mol. The van der Waals surface area contributed by atoms with Gasteiger partial charge in [0.05, 0.1) is 39.1 Å². The van der Waals surface area contributed by atoms with Crippen LogP contribution in [-0.2, 0) is 28.6 Å². The molecule has 6 rings (SSSR count). The van der Waals surface area contributed by atoms with E-state index in [-0.39, 0.29) is 80.2 Å². The Kier molecular flexibility index (Phi) is 13.7. The van der Waals surface area contributed by atoms with Gasteiger partial charge in [-0.05, 0) is 110 Å². The standard InChI is InChI=1S/C29H42O6.6CH4/c1-12-14-6-18(21(7-14)28(31)34-4)24(12)25-16-9-19(22(11-16)29(32)35-5)26(25)23-13(2)17-8-15(23)10-20(17)27(30)33-3;;;;;;/h12-26H,6-11H2,1-5H3;6*1H4. The van der Waals surface area contributed by atoms with Gasteiger partial charge < -0.3 is 14.2 Å². The molecule has 0 radical (unpaired) electrons. The third kappa shape index (κ3) is 5.48. The molecule has 15 unspecified atom stereocenters. The highest BCUT2D eigenvalue weighted by atomic mass is 16.5. The normalized spacial score (nSPS) is 45.4. The maximum atomic E-state index is 12.8. The van der Waals surface area contributed by atoms with E-state index in [1.54, 1.807) is 0 Å². The summed E-state index contributed by atoms with van der Waals surface area (Å²) in [6.45, 7) is 4.79. The summed E-state index contributed by atoms with van der Waals surface area (Å²) in [7, 11) is 4.57. The summed E-state index contributed by atoms with van der Waals surface area (Å²) in [5, 5.41) is 0. The Labute approximate surface area is 253 Å². The molecule has 0 amide bonds. The summed E-state index contributed by atoms with van der Waals surface area (Å²) < 4.78 is 15.7. The largest absolute Gasteiger partial charge is 0.469 e. The van der Waals surface area contributed by atoms with Crippen LogP contribution in [0.3, 0.4) is 0 Å².